The third-order valence-electron chi connectivity index (χ3n) is 1.07. The minimum absolute atomic E-state index is 0.609. The lowest BCUT2D eigenvalue weighted by molar-refractivity contribution is -0.143. The van der Waals surface area contributed by atoms with Crippen LogP contribution in [0.15, 0.2) is 12.7 Å². The number of hydrogen-bond donors (Lipinski definition) is 1. The zero-order valence-corrected chi connectivity index (χ0v) is 5.17. The highest BCUT2D eigenvalue weighted by Crippen LogP contribution is 2.07. The highest BCUT2D eigenvalue weighted by atomic mass is 19.1. The fourth-order valence-corrected chi connectivity index (χ4v) is 0.344. The van der Waals surface area contributed by atoms with E-state index in [4.69, 9.17) is 5.11 Å². The van der Waals surface area contributed by atoms with Crippen LogP contribution in [0.2, 0.25) is 0 Å². The van der Waals surface area contributed by atoms with Gasteiger partial charge in [0.25, 0.3) is 0 Å². The summed E-state index contributed by atoms with van der Waals surface area (Å²) < 4.78 is 12.2. The molecule has 2 nitrogen and oxygen atoms in total. The predicted octanol–water partition coefficient (Wildman–Crippen LogP) is 1.23. The van der Waals surface area contributed by atoms with Crippen LogP contribution in [-0.4, -0.2) is 17.2 Å². The Morgan fingerprint density at radius 2 is 2.33 bits per heavy atom. The number of aliphatic carboxylic acids is 1. The maximum atomic E-state index is 12.2. The van der Waals surface area contributed by atoms with Crippen LogP contribution in [0.1, 0.15) is 6.92 Å². The summed E-state index contributed by atoms with van der Waals surface area (Å²) >= 11 is 0. The van der Waals surface area contributed by atoms with E-state index in [0.717, 1.165) is 0 Å². The first-order valence-electron chi connectivity index (χ1n) is 2.59. The van der Waals surface area contributed by atoms with Crippen LogP contribution in [0.5, 0.6) is 0 Å². The molecule has 1 N–H and O–H groups in total. The number of alkyl halides is 1. The molecule has 0 amide bonds. The Morgan fingerprint density at radius 1 is 1.89 bits per heavy atom. The summed E-state index contributed by atoms with van der Waals surface area (Å²) in [6, 6.07) is 0. The molecule has 0 aromatic heterocycles. The van der Waals surface area contributed by atoms with Gasteiger partial charge in [0, 0.05) is 5.92 Å². The lowest BCUT2D eigenvalue weighted by atomic mass is 10.1. The Hall–Kier alpha value is -0.860. The topological polar surface area (TPSA) is 37.3 Å². The maximum Gasteiger partial charge on any atom is 0.338 e. The molecule has 52 valence electrons. The molecular weight excluding hydrogens is 123 g/mol. The van der Waals surface area contributed by atoms with E-state index in [1.165, 1.54) is 13.0 Å². The van der Waals surface area contributed by atoms with Gasteiger partial charge in [-0.1, -0.05) is 13.0 Å². The zero-order chi connectivity index (χ0) is 7.44. The van der Waals surface area contributed by atoms with Gasteiger partial charge in [0.2, 0.25) is 6.17 Å². The molecule has 0 bridgehead atoms. The predicted molar refractivity (Wildman–Crippen MR) is 31.9 cm³/mol. The number of allylic oxidation sites excluding steroid dienone is 1. The van der Waals surface area contributed by atoms with Gasteiger partial charge in [0.1, 0.15) is 0 Å². The Balaban J connectivity index is 3.86. The lowest BCUT2D eigenvalue weighted by Crippen LogP contribution is -2.20. The van der Waals surface area contributed by atoms with Crippen molar-refractivity contribution in [3.05, 3.63) is 12.7 Å². The number of carboxylic acid groups (broad SMARTS) is 1. The third kappa shape index (κ3) is 2.26. The molecule has 0 heterocycles. The highest BCUT2D eigenvalue weighted by molar-refractivity contribution is 5.72. The Bertz CT molecular complexity index is 122. The van der Waals surface area contributed by atoms with E-state index in [-0.39, 0.29) is 0 Å². The molecular formula is C6H9FO2. The molecule has 0 unspecified atom stereocenters. The average molecular weight is 132 g/mol. The Morgan fingerprint density at radius 3 is 2.44 bits per heavy atom. The number of hydrogen-bond acceptors (Lipinski definition) is 1. The third-order valence-corrected chi connectivity index (χ3v) is 1.07. The van der Waals surface area contributed by atoms with Gasteiger partial charge >= 0.3 is 5.97 Å². The van der Waals surface area contributed by atoms with Crippen LogP contribution >= 0.6 is 0 Å². The zero-order valence-electron chi connectivity index (χ0n) is 5.17. The van der Waals surface area contributed by atoms with Gasteiger partial charge in [-0.2, -0.15) is 0 Å². The second kappa shape index (κ2) is 3.22. The molecule has 0 radical (unpaired) electrons. The van der Waals surface area contributed by atoms with Crippen molar-refractivity contribution in [1.29, 1.82) is 0 Å². The van der Waals surface area contributed by atoms with Crippen LogP contribution in [0.3, 0.4) is 0 Å². The number of rotatable bonds is 3. The van der Waals surface area contributed by atoms with E-state index in [1.54, 1.807) is 0 Å². The van der Waals surface area contributed by atoms with Gasteiger partial charge in [-0.05, 0) is 0 Å². The van der Waals surface area contributed by atoms with E-state index in [2.05, 4.69) is 6.58 Å². The minimum atomic E-state index is -1.82. The van der Waals surface area contributed by atoms with Crippen LogP contribution in [0.25, 0.3) is 0 Å². The molecule has 0 aromatic rings. The van der Waals surface area contributed by atoms with E-state index in [0.29, 0.717) is 0 Å². The summed E-state index contributed by atoms with van der Waals surface area (Å²) in [5, 5.41) is 8.06. The first-order chi connectivity index (χ1) is 4.09. The number of halogens is 1. The molecule has 0 fully saturated rings. The van der Waals surface area contributed by atoms with Crippen LogP contribution < -0.4 is 0 Å². The number of carbonyl (C=O) groups is 1. The van der Waals surface area contributed by atoms with Gasteiger partial charge in [0.15, 0.2) is 0 Å². The van der Waals surface area contributed by atoms with Crippen molar-refractivity contribution in [2.45, 2.75) is 13.1 Å². The monoisotopic (exact) mass is 132 g/mol. The van der Waals surface area contributed by atoms with Gasteiger partial charge in [-0.3, -0.25) is 0 Å². The summed E-state index contributed by atoms with van der Waals surface area (Å²) in [7, 11) is 0. The van der Waals surface area contributed by atoms with E-state index < -0.39 is 18.1 Å². The van der Waals surface area contributed by atoms with Crippen molar-refractivity contribution < 1.29 is 14.3 Å². The maximum absolute atomic E-state index is 12.2. The van der Waals surface area contributed by atoms with Gasteiger partial charge in [0.05, 0.1) is 0 Å². The van der Waals surface area contributed by atoms with E-state index in [9.17, 15) is 9.18 Å². The fourth-order valence-electron chi connectivity index (χ4n) is 0.344. The molecule has 0 aromatic carbocycles. The van der Waals surface area contributed by atoms with E-state index in [1.807, 2.05) is 0 Å². The standard InChI is InChI=1S/C6H9FO2/c1-3-4(2)5(7)6(8)9/h3-5H,1H2,2H3,(H,8,9)/t4-,5+/m0/s1. The molecule has 0 saturated heterocycles. The molecule has 0 aliphatic carbocycles. The summed E-state index contributed by atoms with van der Waals surface area (Å²) in [4.78, 5) is 9.88. The first-order valence-corrected chi connectivity index (χ1v) is 2.59. The largest absolute Gasteiger partial charge is 0.479 e. The van der Waals surface area contributed by atoms with Gasteiger partial charge in [-0.15, -0.1) is 6.58 Å². The fraction of sp³-hybridized carbons (Fsp3) is 0.500. The molecule has 2 atom stereocenters. The second-order valence-electron chi connectivity index (χ2n) is 1.83. The minimum Gasteiger partial charge on any atom is -0.479 e. The first kappa shape index (κ1) is 8.14. The lowest BCUT2D eigenvalue weighted by Gasteiger charge is -2.05. The normalized spacial score (nSPS) is 16.2. The SMILES string of the molecule is C=C[C@H](C)[C@@H](F)C(=O)O. The summed E-state index contributed by atoms with van der Waals surface area (Å²) in [5.41, 5.74) is 0. The number of carboxylic acids is 1. The van der Waals surface area contributed by atoms with Crippen LogP contribution in [0, 0.1) is 5.92 Å². The summed E-state index contributed by atoms with van der Waals surface area (Å²) in [5.74, 6) is -2.04. The van der Waals surface area contributed by atoms with Crippen molar-refractivity contribution in [3.8, 4) is 0 Å². The molecule has 0 spiro atoms. The highest BCUT2D eigenvalue weighted by Gasteiger charge is 2.20. The quantitative estimate of drug-likeness (QED) is 0.586. The van der Waals surface area contributed by atoms with Crippen molar-refractivity contribution in [3.63, 3.8) is 0 Å². The van der Waals surface area contributed by atoms with Crippen LogP contribution in [-0.2, 0) is 4.79 Å². The summed E-state index contributed by atoms with van der Waals surface area (Å²) in [6.45, 7) is 4.72. The van der Waals surface area contributed by atoms with Crippen molar-refractivity contribution in [1.82, 2.24) is 0 Å². The van der Waals surface area contributed by atoms with Gasteiger partial charge < -0.3 is 5.11 Å². The molecule has 3 heteroatoms. The molecule has 0 rings (SSSR count). The molecule has 0 saturated carbocycles. The second-order valence-corrected chi connectivity index (χ2v) is 1.83. The van der Waals surface area contributed by atoms with Crippen LogP contribution in [0.4, 0.5) is 4.39 Å². The average Bonchev–Trinajstić information content (AvgIpc) is 1.84. The summed E-state index contributed by atoms with van der Waals surface area (Å²) in [6.07, 6.45) is -0.541. The Kier molecular flexibility index (Phi) is 2.91. The molecule has 9 heavy (non-hydrogen) atoms. The Labute approximate surface area is 53.0 Å². The van der Waals surface area contributed by atoms with Crippen molar-refractivity contribution in [2.24, 2.45) is 5.92 Å². The molecule has 0 aliphatic heterocycles. The molecule has 0 aliphatic rings. The smallest absolute Gasteiger partial charge is 0.338 e. The van der Waals surface area contributed by atoms with E-state index >= 15 is 0 Å². The van der Waals surface area contributed by atoms with Gasteiger partial charge in [-0.25, -0.2) is 9.18 Å². The van der Waals surface area contributed by atoms with Crippen molar-refractivity contribution >= 4 is 5.97 Å². The van der Waals surface area contributed by atoms with Crippen molar-refractivity contribution in [2.75, 3.05) is 0 Å².